The first-order chi connectivity index (χ1) is 19.7. The molecule has 3 aromatic carbocycles. The molecule has 0 spiro atoms. The molecule has 0 saturated carbocycles. The topological polar surface area (TPSA) is 87.7 Å². The molecule has 0 aliphatic rings. The van der Waals surface area contributed by atoms with Gasteiger partial charge < -0.3 is 20.3 Å². The van der Waals surface area contributed by atoms with Crippen molar-refractivity contribution in [3.63, 3.8) is 0 Å². The lowest BCUT2D eigenvalue weighted by Crippen LogP contribution is -2.58. The van der Waals surface area contributed by atoms with Crippen molar-refractivity contribution in [1.82, 2.24) is 10.2 Å². The van der Waals surface area contributed by atoms with Crippen molar-refractivity contribution in [3.8, 4) is 0 Å². The summed E-state index contributed by atoms with van der Waals surface area (Å²) in [5.74, 6) is -0.782. The van der Waals surface area contributed by atoms with Crippen molar-refractivity contribution >= 4 is 29.7 Å². The van der Waals surface area contributed by atoms with Gasteiger partial charge in [0.1, 0.15) is 17.7 Å². The van der Waals surface area contributed by atoms with Gasteiger partial charge >= 0.3 is 6.09 Å². The lowest BCUT2D eigenvalue weighted by Gasteiger charge is -2.43. The minimum atomic E-state index is -1.02. The zero-order valence-corrected chi connectivity index (χ0v) is 25.7. The van der Waals surface area contributed by atoms with Crippen LogP contribution in [0.4, 0.5) is 10.5 Å². The minimum absolute atomic E-state index is 0.213. The summed E-state index contributed by atoms with van der Waals surface area (Å²) in [6.45, 7) is 16.7. The van der Waals surface area contributed by atoms with Crippen LogP contribution in [0.2, 0.25) is 0 Å². The van der Waals surface area contributed by atoms with Gasteiger partial charge in [0.05, 0.1) is 0 Å². The summed E-state index contributed by atoms with van der Waals surface area (Å²) in [4.78, 5) is 43.4. The van der Waals surface area contributed by atoms with Crippen molar-refractivity contribution in [3.05, 3.63) is 108 Å². The molecule has 0 aliphatic heterocycles. The fraction of sp³-hybridized carbons (Fsp3) is 0.343. The fourth-order valence-electron chi connectivity index (χ4n) is 4.70. The van der Waals surface area contributed by atoms with E-state index in [0.717, 1.165) is 16.7 Å². The monoisotopic (exact) mass is 569 g/mol. The van der Waals surface area contributed by atoms with E-state index in [-0.39, 0.29) is 12.3 Å². The Balaban J connectivity index is 2.13. The molecule has 0 bridgehead atoms. The summed E-state index contributed by atoms with van der Waals surface area (Å²) in [7, 11) is 0. The summed E-state index contributed by atoms with van der Waals surface area (Å²) < 4.78 is 5.53. The Kier molecular flexibility index (Phi) is 10.3. The van der Waals surface area contributed by atoms with Crippen LogP contribution in [0.5, 0.6) is 0 Å². The van der Waals surface area contributed by atoms with Crippen molar-refractivity contribution in [2.75, 3.05) is 5.32 Å². The number of alkyl carbamates (subject to hydrolysis) is 1. The van der Waals surface area contributed by atoms with E-state index >= 15 is 0 Å². The van der Waals surface area contributed by atoms with Crippen LogP contribution in [0.25, 0.3) is 6.08 Å². The van der Waals surface area contributed by atoms with Gasteiger partial charge in [0.25, 0.3) is 5.91 Å². The molecule has 42 heavy (non-hydrogen) atoms. The van der Waals surface area contributed by atoms with Crippen molar-refractivity contribution in [2.45, 2.75) is 78.1 Å². The first-order valence-corrected chi connectivity index (χ1v) is 14.1. The van der Waals surface area contributed by atoms with E-state index in [1.165, 1.54) is 0 Å². The standard InChI is InChI=1S/C35H43N3O4/c1-9-25-19-15-20-27(22-25)30(31(39)36-28-21-14-13-16-24(28)2)38(34(3,4)5)32(40)29(23-26-17-11-10-12-18-26)37-33(41)42-35(6,7)8/h9-22,29-30H,1,23H2,2-8H3,(H,36,39)(H,37,41). The van der Waals surface area contributed by atoms with Crippen LogP contribution in [0.1, 0.15) is 69.8 Å². The number of hydrogen-bond donors (Lipinski definition) is 2. The smallest absolute Gasteiger partial charge is 0.408 e. The van der Waals surface area contributed by atoms with Crippen LogP contribution >= 0.6 is 0 Å². The van der Waals surface area contributed by atoms with Crippen LogP contribution in [-0.2, 0) is 20.7 Å². The van der Waals surface area contributed by atoms with Gasteiger partial charge in [-0.3, -0.25) is 9.59 Å². The Bertz CT molecular complexity index is 1400. The zero-order valence-electron chi connectivity index (χ0n) is 25.7. The minimum Gasteiger partial charge on any atom is -0.444 e. The van der Waals surface area contributed by atoms with E-state index < -0.39 is 35.2 Å². The summed E-state index contributed by atoms with van der Waals surface area (Å²) >= 11 is 0. The highest BCUT2D eigenvalue weighted by Gasteiger charge is 2.42. The second kappa shape index (κ2) is 13.5. The molecule has 0 heterocycles. The third-order valence-corrected chi connectivity index (χ3v) is 6.60. The number of amides is 3. The normalized spacial score (nSPS) is 12.9. The van der Waals surface area contributed by atoms with Gasteiger partial charge in [-0.2, -0.15) is 0 Å². The van der Waals surface area contributed by atoms with Crippen LogP contribution in [0.3, 0.4) is 0 Å². The number of benzene rings is 3. The highest BCUT2D eigenvalue weighted by molar-refractivity contribution is 5.99. The van der Waals surface area contributed by atoms with E-state index in [2.05, 4.69) is 17.2 Å². The Hall–Kier alpha value is -4.39. The predicted molar refractivity (Wildman–Crippen MR) is 169 cm³/mol. The Morgan fingerprint density at radius 3 is 2.14 bits per heavy atom. The number of nitrogens with one attached hydrogen (secondary N) is 2. The maximum Gasteiger partial charge on any atom is 0.408 e. The van der Waals surface area contributed by atoms with Gasteiger partial charge in [-0.15, -0.1) is 0 Å². The summed E-state index contributed by atoms with van der Waals surface area (Å²) in [5, 5.41) is 5.84. The number of ether oxygens (including phenoxy) is 1. The molecule has 2 N–H and O–H groups in total. The van der Waals surface area contributed by atoms with Crippen molar-refractivity contribution in [2.24, 2.45) is 0 Å². The molecule has 2 unspecified atom stereocenters. The molecule has 0 aromatic heterocycles. The van der Waals surface area contributed by atoms with E-state index in [1.54, 1.807) is 31.7 Å². The van der Waals surface area contributed by atoms with Crippen molar-refractivity contribution in [1.29, 1.82) is 0 Å². The number of para-hydroxylation sites is 1. The number of anilines is 1. The largest absolute Gasteiger partial charge is 0.444 e. The van der Waals surface area contributed by atoms with E-state index in [0.29, 0.717) is 11.3 Å². The van der Waals surface area contributed by atoms with Gasteiger partial charge in [-0.05, 0) is 82.9 Å². The second-order valence-electron chi connectivity index (χ2n) is 12.3. The average Bonchev–Trinajstić information content (AvgIpc) is 2.91. The molecule has 3 rings (SSSR count). The van der Waals surface area contributed by atoms with Gasteiger partial charge in [-0.25, -0.2) is 4.79 Å². The second-order valence-corrected chi connectivity index (χ2v) is 12.3. The zero-order chi connectivity index (χ0) is 31.1. The highest BCUT2D eigenvalue weighted by Crippen LogP contribution is 2.32. The number of nitrogens with zero attached hydrogens (tertiary/aromatic N) is 1. The quantitative estimate of drug-likeness (QED) is 0.288. The van der Waals surface area contributed by atoms with E-state index in [1.807, 2.05) is 107 Å². The lowest BCUT2D eigenvalue weighted by molar-refractivity contribution is -0.146. The molecule has 0 fully saturated rings. The number of carbonyl (C=O) groups is 3. The van der Waals surface area contributed by atoms with Crippen LogP contribution in [0, 0.1) is 6.92 Å². The van der Waals surface area contributed by atoms with Crippen LogP contribution in [0.15, 0.2) is 85.4 Å². The van der Waals surface area contributed by atoms with Gasteiger partial charge in [0.2, 0.25) is 5.91 Å². The Morgan fingerprint density at radius 2 is 1.55 bits per heavy atom. The first kappa shape index (κ1) is 32.1. The molecule has 3 aromatic rings. The third-order valence-electron chi connectivity index (χ3n) is 6.60. The maximum atomic E-state index is 14.6. The summed E-state index contributed by atoms with van der Waals surface area (Å²) in [6, 6.07) is 22.3. The predicted octanol–water partition coefficient (Wildman–Crippen LogP) is 7.08. The van der Waals surface area contributed by atoms with E-state index in [9.17, 15) is 14.4 Å². The van der Waals surface area contributed by atoms with Crippen LogP contribution < -0.4 is 10.6 Å². The van der Waals surface area contributed by atoms with Gasteiger partial charge in [0, 0.05) is 17.6 Å². The maximum absolute atomic E-state index is 14.6. The van der Waals surface area contributed by atoms with Crippen LogP contribution in [-0.4, -0.2) is 40.0 Å². The molecule has 3 amide bonds. The Morgan fingerprint density at radius 1 is 0.905 bits per heavy atom. The number of carbonyl (C=O) groups excluding carboxylic acids is 3. The van der Waals surface area contributed by atoms with E-state index in [4.69, 9.17) is 4.74 Å². The molecule has 7 heteroatoms. The first-order valence-electron chi connectivity index (χ1n) is 14.1. The molecular formula is C35H43N3O4. The van der Waals surface area contributed by atoms with Gasteiger partial charge in [-0.1, -0.05) is 79.4 Å². The molecule has 0 aliphatic carbocycles. The van der Waals surface area contributed by atoms with Gasteiger partial charge in [0.15, 0.2) is 0 Å². The summed E-state index contributed by atoms with van der Waals surface area (Å²) in [6.07, 6.45) is 1.20. The Labute approximate surface area is 250 Å². The molecule has 0 radical (unpaired) electrons. The molecule has 0 saturated heterocycles. The number of aryl methyl sites for hydroxylation is 1. The SMILES string of the molecule is C=Cc1cccc(C(C(=O)Nc2ccccc2C)N(C(=O)C(Cc2ccccc2)NC(=O)OC(C)(C)C)C(C)(C)C)c1. The fourth-order valence-corrected chi connectivity index (χ4v) is 4.70. The molecule has 222 valence electrons. The lowest BCUT2D eigenvalue weighted by atomic mass is 9.93. The highest BCUT2D eigenvalue weighted by atomic mass is 16.6. The number of hydrogen-bond acceptors (Lipinski definition) is 4. The third kappa shape index (κ3) is 8.80. The summed E-state index contributed by atoms with van der Waals surface area (Å²) in [5.41, 5.74) is 2.27. The molecule has 7 nitrogen and oxygen atoms in total. The van der Waals surface area contributed by atoms with Crippen molar-refractivity contribution < 1.29 is 19.1 Å². The molecule has 2 atom stereocenters. The number of rotatable bonds is 9. The molecular weight excluding hydrogens is 526 g/mol. The average molecular weight is 570 g/mol.